The minimum atomic E-state index is -0.0144. The monoisotopic (exact) mass is 738 g/mol. The number of nitrogens with zero attached hydrogens (tertiary/aromatic N) is 4. The molecule has 3 N–H and O–H groups in total. The molecule has 0 aliphatic carbocycles. The fraction of sp³-hybridized carbons (Fsp3) is 1.00. The summed E-state index contributed by atoms with van der Waals surface area (Å²) in [6.45, 7) is 43.1. The van der Waals surface area contributed by atoms with Gasteiger partial charge in [-0.25, -0.2) is 0 Å². The Balaban J connectivity index is 1.61. The van der Waals surface area contributed by atoms with Gasteiger partial charge in [0.1, 0.15) is 0 Å². The van der Waals surface area contributed by atoms with E-state index >= 15 is 0 Å². The molecular formula is C42H87N7O3. The molecule has 0 aromatic heterocycles. The Bertz CT molecular complexity index is 866. The molecule has 52 heavy (non-hydrogen) atoms. The van der Waals surface area contributed by atoms with Crippen molar-refractivity contribution in [3.8, 4) is 0 Å². The second-order valence-corrected chi connectivity index (χ2v) is 20.3. The second kappa shape index (κ2) is 19.2. The zero-order valence-electron chi connectivity index (χ0n) is 37.0. The maximum absolute atomic E-state index is 6.30. The van der Waals surface area contributed by atoms with Gasteiger partial charge in [0, 0.05) is 90.6 Å². The van der Waals surface area contributed by atoms with Crippen LogP contribution < -0.4 is 16.0 Å². The standard InChI is InChI=1S/C42H87N7O3/c1-16-25-50-47-37(4,5)28-34(29-38(47,6)7)43-19-22-46(23-20-44-35-30-39(8,9)48(51-26-17-2)40(10,11)31-35)24-21-45-36-32-41(12,13)49(52-27-18-3)42(14,15)33-36/h34-36,43-45H,16-33H2,1-15H3. The smallest absolute Gasteiger partial charge is 0.0683 e. The Labute approximate surface area is 322 Å². The van der Waals surface area contributed by atoms with E-state index in [1.165, 1.54) is 0 Å². The van der Waals surface area contributed by atoms with E-state index in [0.29, 0.717) is 18.1 Å². The van der Waals surface area contributed by atoms with Crippen LogP contribution in [0.2, 0.25) is 0 Å². The molecule has 0 aromatic carbocycles. The lowest BCUT2D eigenvalue weighted by Gasteiger charge is -2.54. The molecule has 0 unspecified atom stereocenters. The molecule has 0 amide bonds. The quantitative estimate of drug-likeness (QED) is 0.113. The van der Waals surface area contributed by atoms with Crippen molar-refractivity contribution in [2.75, 3.05) is 59.1 Å². The van der Waals surface area contributed by atoms with Crippen LogP contribution in [0.5, 0.6) is 0 Å². The van der Waals surface area contributed by atoms with Crippen molar-refractivity contribution < 1.29 is 14.5 Å². The molecule has 0 radical (unpaired) electrons. The normalized spacial score (nSPS) is 25.6. The van der Waals surface area contributed by atoms with E-state index in [2.05, 4.69) is 140 Å². The minimum absolute atomic E-state index is 0.0144. The first-order valence-corrected chi connectivity index (χ1v) is 21.3. The molecule has 3 heterocycles. The SMILES string of the molecule is CCCON1C(C)(C)CC(NCCN(CCNC2CC(C)(C)N(OCCC)C(C)(C)C2)CCNC2CC(C)(C)N(OCCC)C(C)(C)C2)CC1(C)C. The minimum Gasteiger partial charge on any atom is -0.313 e. The van der Waals surface area contributed by atoms with E-state index in [1.54, 1.807) is 0 Å². The van der Waals surface area contributed by atoms with Crippen LogP contribution in [-0.2, 0) is 14.5 Å². The van der Waals surface area contributed by atoms with Crippen LogP contribution in [0.4, 0.5) is 0 Å². The lowest BCUT2D eigenvalue weighted by molar-refractivity contribution is -0.283. The van der Waals surface area contributed by atoms with Crippen molar-refractivity contribution in [3.63, 3.8) is 0 Å². The summed E-state index contributed by atoms with van der Waals surface area (Å²) in [5.74, 6) is 0. The molecule has 3 rings (SSSR count). The first-order valence-electron chi connectivity index (χ1n) is 21.3. The Hall–Kier alpha value is -0.400. The summed E-state index contributed by atoms with van der Waals surface area (Å²) >= 11 is 0. The number of nitrogens with one attached hydrogen (secondary N) is 3. The van der Waals surface area contributed by atoms with Crippen molar-refractivity contribution in [2.24, 2.45) is 0 Å². The predicted octanol–water partition coefficient (Wildman–Crippen LogP) is 7.15. The Kier molecular flexibility index (Phi) is 16.9. The van der Waals surface area contributed by atoms with Crippen LogP contribution in [0.3, 0.4) is 0 Å². The Morgan fingerprint density at radius 2 is 0.635 bits per heavy atom. The second-order valence-electron chi connectivity index (χ2n) is 20.3. The van der Waals surface area contributed by atoms with Crippen LogP contribution in [0.1, 0.15) is 162 Å². The predicted molar refractivity (Wildman–Crippen MR) is 218 cm³/mol. The summed E-state index contributed by atoms with van der Waals surface area (Å²) in [5.41, 5.74) is -0.0861. The first-order chi connectivity index (χ1) is 24.1. The molecule has 10 heteroatoms. The van der Waals surface area contributed by atoms with Gasteiger partial charge in [0.2, 0.25) is 0 Å². The highest BCUT2D eigenvalue weighted by Crippen LogP contribution is 2.41. The van der Waals surface area contributed by atoms with Crippen LogP contribution in [0.15, 0.2) is 0 Å². The molecule has 0 aromatic rings. The lowest BCUT2D eigenvalue weighted by atomic mass is 9.79. The fourth-order valence-electron chi connectivity index (χ4n) is 10.4. The van der Waals surface area contributed by atoms with Gasteiger partial charge >= 0.3 is 0 Å². The van der Waals surface area contributed by atoms with Gasteiger partial charge in [0.25, 0.3) is 0 Å². The third-order valence-electron chi connectivity index (χ3n) is 11.6. The number of piperidine rings is 3. The number of hydrogen-bond acceptors (Lipinski definition) is 10. The summed E-state index contributed by atoms with van der Waals surface area (Å²) in [6, 6.07) is 1.41. The molecule has 3 aliphatic heterocycles. The molecular weight excluding hydrogens is 651 g/mol. The van der Waals surface area contributed by atoms with E-state index < -0.39 is 0 Å². The van der Waals surface area contributed by atoms with Crippen LogP contribution in [0, 0.1) is 0 Å². The molecule has 3 saturated heterocycles. The average molecular weight is 738 g/mol. The third kappa shape index (κ3) is 12.8. The molecule has 3 fully saturated rings. The third-order valence-corrected chi connectivity index (χ3v) is 11.6. The van der Waals surface area contributed by atoms with Crippen molar-refractivity contribution in [1.82, 2.24) is 36.0 Å². The summed E-state index contributed by atoms with van der Waals surface area (Å²) in [4.78, 5) is 21.6. The Morgan fingerprint density at radius 1 is 0.423 bits per heavy atom. The topological polar surface area (TPSA) is 76.7 Å². The van der Waals surface area contributed by atoms with Crippen molar-refractivity contribution >= 4 is 0 Å². The zero-order valence-corrected chi connectivity index (χ0v) is 37.0. The molecule has 0 spiro atoms. The van der Waals surface area contributed by atoms with Gasteiger partial charge in [0.15, 0.2) is 0 Å². The number of hydroxylamine groups is 6. The number of hydrogen-bond donors (Lipinski definition) is 3. The van der Waals surface area contributed by atoms with Gasteiger partial charge in [-0.05, 0) is 141 Å². The first kappa shape index (κ1) is 46.0. The maximum atomic E-state index is 6.30. The summed E-state index contributed by atoms with van der Waals surface area (Å²) < 4.78 is 0. The van der Waals surface area contributed by atoms with E-state index in [9.17, 15) is 0 Å². The molecule has 10 nitrogen and oxygen atoms in total. The highest BCUT2D eigenvalue weighted by atomic mass is 16.7. The van der Waals surface area contributed by atoms with Gasteiger partial charge in [0.05, 0.1) is 19.8 Å². The average Bonchev–Trinajstić information content (AvgIpc) is 2.97. The van der Waals surface area contributed by atoms with Gasteiger partial charge in [-0.3, -0.25) is 19.4 Å². The van der Waals surface area contributed by atoms with Gasteiger partial charge in [-0.15, -0.1) is 0 Å². The molecule has 0 bridgehead atoms. The van der Waals surface area contributed by atoms with Gasteiger partial charge in [-0.1, -0.05) is 20.8 Å². The largest absolute Gasteiger partial charge is 0.313 e. The van der Waals surface area contributed by atoms with Crippen molar-refractivity contribution in [2.45, 2.75) is 213 Å². The van der Waals surface area contributed by atoms with Crippen LogP contribution >= 0.6 is 0 Å². The van der Waals surface area contributed by atoms with Crippen molar-refractivity contribution in [1.29, 1.82) is 0 Å². The van der Waals surface area contributed by atoms with Crippen LogP contribution in [0.25, 0.3) is 0 Å². The van der Waals surface area contributed by atoms with E-state index in [4.69, 9.17) is 14.5 Å². The van der Waals surface area contributed by atoms with Crippen molar-refractivity contribution in [3.05, 3.63) is 0 Å². The highest BCUT2D eigenvalue weighted by Gasteiger charge is 2.48. The lowest BCUT2D eigenvalue weighted by Crippen LogP contribution is -2.64. The maximum Gasteiger partial charge on any atom is 0.0683 e. The van der Waals surface area contributed by atoms with Gasteiger partial charge in [-0.2, -0.15) is 15.2 Å². The van der Waals surface area contributed by atoms with Crippen LogP contribution in [-0.4, -0.2) is 131 Å². The molecule has 0 saturated carbocycles. The molecule has 3 aliphatic rings. The summed E-state index contributed by atoms with van der Waals surface area (Å²) in [5, 5.41) is 18.9. The molecule has 308 valence electrons. The zero-order chi connectivity index (χ0) is 39.0. The van der Waals surface area contributed by atoms with E-state index in [0.717, 1.165) is 117 Å². The fourth-order valence-corrected chi connectivity index (χ4v) is 10.4. The summed E-state index contributed by atoms with van der Waals surface area (Å²) in [7, 11) is 0. The number of rotatable bonds is 21. The van der Waals surface area contributed by atoms with E-state index in [-0.39, 0.29) is 33.2 Å². The summed E-state index contributed by atoms with van der Waals surface area (Å²) in [6.07, 6.45) is 9.62. The Morgan fingerprint density at radius 3 is 0.827 bits per heavy atom. The van der Waals surface area contributed by atoms with E-state index in [1.807, 2.05) is 0 Å². The van der Waals surface area contributed by atoms with Gasteiger partial charge < -0.3 is 16.0 Å². The molecule has 0 atom stereocenters. The highest BCUT2D eigenvalue weighted by molar-refractivity contribution is 5.01.